The molecule has 2 aliphatic rings. The lowest BCUT2D eigenvalue weighted by molar-refractivity contribution is -0.137. The molecule has 3 aromatic carbocycles. The average molecular weight is 644 g/mol. The number of fused-ring (bicyclic) bond motifs is 2. The second kappa shape index (κ2) is 11.2. The minimum Gasteiger partial charge on any atom is -0.497 e. The first-order chi connectivity index (χ1) is 21.0. The Balaban J connectivity index is 1.41. The van der Waals surface area contributed by atoms with Crippen molar-refractivity contribution in [2.24, 2.45) is 5.92 Å². The number of alkyl halides is 3. The Hall–Kier alpha value is -4.43. The highest BCUT2D eigenvalue weighted by molar-refractivity contribution is 8.00. The van der Waals surface area contributed by atoms with Gasteiger partial charge in [0.1, 0.15) is 23.4 Å². The molecular weight excluding hydrogens is 622 g/mol. The monoisotopic (exact) mass is 643 g/mol. The summed E-state index contributed by atoms with van der Waals surface area (Å²) < 4.78 is 61.9. The number of carbonyl (C=O) groups is 3. The van der Waals surface area contributed by atoms with Crippen LogP contribution < -0.4 is 19.8 Å². The van der Waals surface area contributed by atoms with Crippen molar-refractivity contribution < 1.29 is 36.7 Å². The molecule has 3 amide bonds. The summed E-state index contributed by atoms with van der Waals surface area (Å²) >= 11 is 1.63. The summed E-state index contributed by atoms with van der Waals surface area (Å²) in [6.07, 6.45) is -4.84. The molecule has 8 nitrogen and oxygen atoms in total. The Morgan fingerprint density at radius 3 is 2.30 bits per heavy atom. The van der Waals surface area contributed by atoms with Crippen LogP contribution in [0.4, 0.5) is 28.9 Å². The number of methoxy groups -OCH3 is 1. The zero-order valence-electron chi connectivity index (χ0n) is 22.6. The summed E-state index contributed by atoms with van der Waals surface area (Å²) in [5.41, 5.74) is -0.903. The number of carbonyl (C=O) groups excluding carboxylic acids is 3. The van der Waals surface area contributed by atoms with Crippen LogP contribution in [0.5, 0.6) is 5.75 Å². The molecule has 3 heterocycles. The van der Waals surface area contributed by atoms with Crippen molar-refractivity contribution in [3.63, 3.8) is 0 Å². The number of nitrogens with one attached hydrogen (secondary N) is 1. The first kappa shape index (κ1) is 29.6. The first-order valence-electron chi connectivity index (χ1n) is 13.1. The van der Waals surface area contributed by atoms with E-state index in [-0.39, 0.29) is 5.03 Å². The number of thiazole rings is 1. The number of hydrogen-bond donors (Lipinski definition) is 1. The van der Waals surface area contributed by atoms with Gasteiger partial charge in [-0.3, -0.25) is 23.7 Å². The predicted octanol–water partition coefficient (Wildman–Crippen LogP) is 5.51. The number of para-hydroxylation sites is 1. The van der Waals surface area contributed by atoms with Crippen LogP contribution in [0.1, 0.15) is 21.9 Å². The topological polar surface area (TPSA) is 97.7 Å². The summed E-state index contributed by atoms with van der Waals surface area (Å²) in [6, 6.07) is 16.0. The van der Waals surface area contributed by atoms with Gasteiger partial charge in [-0.25, -0.2) is 9.29 Å². The molecule has 1 aromatic heterocycles. The Kier molecular flexibility index (Phi) is 7.58. The lowest BCUT2D eigenvalue weighted by Crippen LogP contribution is -2.33. The van der Waals surface area contributed by atoms with Gasteiger partial charge in [-0.15, -0.1) is 0 Å². The number of imide groups is 1. The fourth-order valence-corrected chi connectivity index (χ4v) is 8.22. The van der Waals surface area contributed by atoms with E-state index in [2.05, 4.69) is 5.32 Å². The smallest absolute Gasteiger partial charge is 0.418 e. The third-order valence-electron chi connectivity index (χ3n) is 7.40. The molecule has 44 heavy (non-hydrogen) atoms. The van der Waals surface area contributed by atoms with Crippen LogP contribution in [0.2, 0.25) is 0 Å². The Morgan fingerprint density at radius 1 is 0.955 bits per heavy atom. The van der Waals surface area contributed by atoms with Gasteiger partial charge in [-0.2, -0.15) is 13.2 Å². The van der Waals surface area contributed by atoms with Crippen molar-refractivity contribution in [2.75, 3.05) is 17.3 Å². The van der Waals surface area contributed by atoms with Gasteiger partial charge in [0.2, 0.25) is 17.7 Å². The van der Waals surface area contributed by atoms with Gasteiger partial charge in [0.15, 0.2) is 0 Å². The summed E-state index contributed by atoms with van der Waals surface area (Å²) in [4.78, 5) is 54.3. The van der Waals surface area contributed by atoms with Crippen LogP contribution in [0.25, 0.3) is 0 Å². The summed E-state index contributed by atoms with van der Waals surface area (Å²) in [5, 5.41) is 1.72. The molecule has 226 valence electrons. The third kappa shape index (κ3) is 5.17. The van der Waals surface area contributed by atoms with Gasteiger partial charge in [-0.05, 0) is 54.1 Å². The summed E-state index contributed by atoms with van der Waals surface area (Å²) in [7, 11) is 1.50. The largest absolute Gasteiger partial charge is 0.497 e. The number of thioether (sulfide) groups is 1. The van der Waals surface area contributed by atoms with E-state index in [1.165, 1.54) is 29.9 Å². The highest BCUT2D eigenvalue weighted by atomic mass is 32.2. The second-order valence-electron chi connectivity index (χ2n) is 10.0. The molecule has 14 heteroatoms. The quantitative estimate of drug-likeness (QED) is 0.220. The summed E-state index contributed by atoms with van der Waals surface area (Å²) in [5.74, 6) is -4.43. The van der Waals surface area contributed by atoms with Crippen LogP contribution in [0.3, 0.4) is 0 Å². The first-order valence-corrected chi connectivity index (χ1v) is 14.8. The molecule has 1 fully saturated rings. The van der Waals surface area contributed by atoms with E-state index in [9.17, 15) is 36.7 Å². The summed E-state index contributed by atoms with van der Waals surface area (Å²) in [6.45, 7) is -0.431. The van der Waals surface area contributed by atoms with E-state index in [4.69, 9.17) is 4.74 Å². The highest BCUT2D eigenvalue weighted by Gasteiger charge is 2.57. The fourth-order valence-electron chi connectivity index (χ4n) is 5.45. The molecule has 0 bridgehead atoms. The van der Waals surface area contributed by atoms with Crippen molar-refractivity contribution in [2.45, 2.75) is 28.9 Å². The molecule has 3 atom stereocenters. The van der Waals surface area contributed by atoms with Crippen LogP contribution in [0, 0.1) is 11.7 Å². The molecule has 0 spiro atoms. The molecule has 4 aromatic rings. The van der Waals surface area contributed by atoms with Gasteiger partial charge in [-0.1, -0.05) is 47.4 Å². The number of rotatable bonds is 6. The second-order valence-corrected chi connectivity index (χ2v) is 12.1. The minimum absolute atomic E-state index is 0.243. The van der Waals surface area contributed by atoms with Crippen molar-refractivity contribution in [3.8, 4) is 5.75 Å². The van der Waals surface area contributed by atoms with E-state index < -0.39 is 69.5 Å². The number of halogens is 4. The van der Waals surface area contributed by atoms with Crippen molar-refractivity contribution in [1.82, 2.24) is 4.57 Å². The molecule has 6 rings (SSSR count). The van der Waals surface area contributed by atoms with Gasteiger partial charge < -0.3 is 10.1 Å². The number of aromatic nitrogens is 1. The van der Waals surface area contributed by atoms with Gasteiger partial charge in [0, 0.05) is 16.5 Å². The van der Waals surface area contributed by atoms with E-state index >= 15 is 0 Å². The van der Waals surface area contributed by atoms with Crippen molar-refractivity contribution >= 4 is 52.2 Å². The molecule has 1 N–H and O–H groups in total. The molecule has 2 aliphatic heterocycles. The minimum atomic E-state index is -4.84. The molecular formula is C30H21F4N3O5S2. The zero-order valence-corrected chi connectivity index (χ0v) is 24.3. The molecule has 0 radical (unpaired) electrons. The standard InChI is InChI=1S/C30H21F4N3O5S2/c1-42-18-12-10-17(11-13-18)35-21(38)14-36-28-25(44-29(36)41)22(15-6-8-16(31)9-7-15)23-24(43-28)27(40)37(26(23)39)20-5-3-2-4-19(20)30(32,33)34/h2-13,22-24H,14H2,1H3,(H,35,38). The van der Waals surface area contributed by atoms with Crippen LogP contribution >= 0.6 is 23.1 Å². The SMILES string of the molecule is COc1ccc(NC(=O)Cn2c3c(sc2=O)C(c2ccc(F)cc2)C2C(=O)N(c4ccccc4C(F)(F)F)C(=O)C2S3)cc1. The average Bonchev–Trinajstić information content (AvgIpc) is 3.43. The maximum Gasteiger partial charge on any atom is 0.418 e. The van der Waals surface area contributed by atoms with Crippen LogP contribution in [-0.4, -0.2) is 34.6 Å². The number of anilines is 2. The fraction of sp³-hybridized carbons (Fsp3) is 0.200. The van der Waals surface area contributed by atoms with E-state index in [0.29, 0.717) is 26.8 Å². The number of ether oxygens (including phenoxy) is 1. The Labute approximate surface area is 255 Å². The predicted molar refractivity (Wildman–Crippen MR) is 156 cm³/mol. The zero-order chi connectivity index (χ0) is 31.3. The third-order valence-corrected chi connectivity index (χ3v) is 10.0. The lowest BCUT2D eigenvalue weighted by atomic mass is 9.83. The highest BCUT2D eigenvalue weighted by Crippen LogP contribution is 2.54. The molecule has 1 saturated heterocycles. The maximum atomic E-state index is 13.9. The molecule has 0 saturated carbocycles. The number of nitrogens with zero attached hydrogens (tertiary/aromatic N) is 2. The van der Waals surface area contributed by atoms with Crippen LogP contribution in [-0.2, 0) is 27.1 Å². The lowest BCUT2D eigenvalue weighted by Gasteiger charge is -2.30. The van der Waals surface area contributed by atoms with Gasteiger partial charge in [0.05, 0.1) is 29.3 Å². The number of amides is 3. The van der Waals surface area contributed by atoms with E-state index in [1.807, 2.05) is 0 Å². The van der Waals surface area contributed by atoms with Gasteiger partial charge >= 0.3 is 11.0 Å². The van der Waals surface area contributed by atoms with Crippen LogP contribution in [0.15, 0.2) is 82.6 Å². The number of hydrogen-bond acceptors (Lipinski definition) is 7. The molecule has 3 unspecified atom stereocenters. The normalized spacial score (nSPS) is 19.5. The van der Waals surface area contributed by atoms with E-state index in [0.717, 1.165) is 53.4 Å². The van der Waals surface area contributed by atoms with E-state index in [1.54, 1.807) is 24.3 Å². The number of benzene rings is 3. The van der Waals surface area contributed by atoms with Crippen molar-refractivity contribution in [1.29, 1.82) is 0 Å². The Morgan fingerprint density at radius 2 is 1.64 bits per heavy atom. The van der Waals surface area contributed by atoms with Crippen molar-refractivity contribution in [3.05, 3.63) is 104 Å². The molecule has 0 aliphatic carbocycles. The Bertz CT molecular complexity index is 1840. The van der Waals surface area contributed by atoms with Gasteiger partial charge in [0.25, 0.3) is 0 Å². The maximum absolute atomic E-state index is 13.9.